The van der Waals surface area contributed by atoms with Gasteiger partial charge in [0.1, 0.15) is 39.6 Å². The van der Waals surface area contributed by atoms with Crippen molar-refractivity contribution in [1.29, 1.82) is 0 Å². The maximum atomic E-state index is 14.5. The van der Waals surface area contributed by atoms with Crippen molar-refractivity contribution in [2.24, 2.45) is 0 Å². The van der Waals surface area contributed by atoms with E-state index in [1.54, 1.807) is 0 Å². The van der Waals surface area contributed by atoms with E-state index in [1.165, 1.54) is 0 Å². The topological polar surface area (TPSA) is 203 Å². The molecule has 284 valence electrons. The number of phosphoric ester groups is 1. The number of carbonyl (C=O) groups is 6. The number of carbonyl (C=O) groups excluding carboxylic acids is 6. The molecule has 16 nitrogen and oxygen atoms in total. The van der Waals surface area contributed by atoms with Gasteiger partial charge < -0.3 is 28.4 Å². The first-order valence-corrected chi connectivity index (χ1v) is 17.9. The average Bonchev–Trinajstić information content (AvgIpc) is 3.11. The predicted molar refractivity (Wildman–Crippen MR) is 177 cm³/mol. The first-order valence-electron chi connectivity index (χ1n) is 16.4. The minimum atomic E-state index is -5.05. The maximum absolute atomic E-state index is 14.5. The molecule has 3 atom stereocenters. The SMILES string of the molecule is C=CC(=O)OCCOC(=O)C(CCCC)OP(=O)(OC(CCCC)C(=O)OCCOC(=O)C=C)OC(CCCC)C(=O)OCCOC(=O)C=C. The Hall–Kier alpha value is -3.85. The van der Waals surface area contributed by atoms with Gasteiger partial charge in [0.25, 0.3) is 0 Å². The Kier molecular flexibility index (Phi) is 25.8. The summed E-state index contributed by atoms with van der Waals surface area (Å²) in [5, 5.41) is 0. The lowest BCUT2D eigenvalue weighted by Crippen LogP contribution is -2.34. The molecular weight excluding hydrogens is 683 g/mol. The molecule has 0 aromatic rings. The Labute approximate surface area is 293 Å². The molecule has 0 saturated carbocycles. The van der Waals surface area contributed by atoms with Crippen LogP contribution in [0.4, 0.5) is 0 Å². The molecule has 0 amide bonds. The van der Waals surface area contributed by atoms with Crippen LogP contribution in [0.3, 0.4) is 0 Å². The summed E-state index contributed by atoms with van der Waals surface area (Å²) in [4.78, 5) is 73.3. The van der Waals surface area contributed by atoms with Crippen LogP contribution in [-0.2, 0) is 75.3 Å². The first kappa shape index (κ1) is 46.1. The van der Waals surface area contributed by atoms with Crippen LogP contribution in [0.15, 0.2) is 38.0 Å². The van der Waals surface area contributed by atoms with Crippen molar-refractivity contribution in [1.82, 2.24) is 0 Å². The van der Waals surface area contributed by atoms with Crippen LogP contribution >= 0.6 is 7.82 Å². The lowest BCUT2D eigenvalue weighted by Gasteiger charge is -2.28. The van der Waals surface area contributed by atoms with E-state index in [-0.39, 0.29) is 58.9 Å². The van der Waals surface area contributed by atoms with Crippen molar-refractivity contribution in [2.45, 2.75) is 96.9 Å². The Morgan fingerprint density at radius 2 is 0.720 bits per heavy atom. The Bertz CT molecular complexity index is 1010. The molecule has 0 aliphatic heterocycles. The van der Waals surface area contributed by atoms with Gasteiger partial charge in [0.05, 0.1) is 0 Å². The highest BCUT2D eigenvalue weighted by molar-refractivity contribution is 7.48. The fourth-order valence-corrected chi connectivity index (χ4v) is 5.32. The van der Waals surface area contributed by atoms with E-state index in [0.29, 0.717) is 38.5 Å². The minimum absolute atomic E-state index is 0.0318. The lowest BCUT2D eigenvalue weighted by atomic mass is 10.2. The molecule has 0 aromatic carbocycles. The van der Waals surface area contributed by atoms with Crippen molar-refractivity contribution in [2.75, 3.05) is 39.6 Å². The van der Waals surface area contributed by atoms with Gasteiger partial charge in [0.2, 0.25) is 0 Å². The number of rotatable bonds is 30. The zero-order valence-corrected chi connectivity index (χ0v) is 30.1. The largest absolute Gasteiger partial charge is 0.477 e. The monoisotopic (exact) mass is 734 g/mol. The molecule has 0 aliphatic rings. The molecule has 0 heterocycles. The van der Waals surface area contributed by atoms with Crippen LogP contribution < -0.4 is 0 Å². The minimum Gasteiger partial charge on any atom is -0.460 e. The Balaban J connectivity index is 6.39. The van der Waals surface area contributed by atoms with E-state index >= 15 is 0 Å². The highest BCUT2D eigenvalue weighted by Crippen LogP contribution is 2.54. The molecular formula is C33H51O16P. The summed E-state index contributed by atoms with van der Waals surface area (Å²) < 4.78 is 61.6. The number of esters is 6. The molecule has 0 aromatic heterocycles. The standard InChI is InChI=1S/C33H51O16P/c1-7-13-16-25(31(37)44-22-19-41-28(34)10-4)47-50(40,48-26(17-14-8-2)32(38)45-23-20-42-29(35)11-5)49-27(18-15-9-3)33(39)46-24-21-43-30(36)12-6/h10-12,25-27H,4-9,13-24H2,1-3H3. The zero-order chi connectivity index (χ0) is 37.8. The van der Waals surface area contributed by atoms with Gasteiger partial charge >= 0.3 is 43.6 Å². The molecule has 0 aliphatic carbocycles. The summed E-state index contributed by atoms with van der Waals surface area (Å²) in [7, 11) is -5.05. The Morgan fingerprint density at radius 3 is 0.940 bits per heavy atom. The molecule has 0 rings (SSSR count). The molecule has 0 fully saturated rings. The van der Waals surface area contributed by atoms with Crippen molar-refractivity contribution in [3.63, 3.8) is 0 Å². The molecule has 17 heteroatoms. The maximum Gasteiger partial charge on any atom is 0.477 e. The van der Waals surface area contributed by atoms with Crippen molar-refractivity contribution >= 4 is 43.6 Å². The number of hydrogen-bond donors (Lipinski definition) is 0. The molecule has 0 saturated heterocycles. The smallest absolute Gasteiger partial charge is 0.460 e. The van der Waals surface area contributed by atoms with Gasteiger partial charge in [-0.2, -0.15) is 0 Å². The summed E-state index contributed by atoms with van der Waals surface area (Å²) in [5.74, 6) is -5.23. The van der Waals surface area contributed by atoms with E-state index < -0.39 is 62.0 Å². The molecule has 0 spiro atoms. The third-order valence-electron chi connectivity index (χ3n) is 6.23. The second kappa shape index (κ2) is 27.9. The van der Waals surface area contributed by atoms with E-state index in [4.69, 9.17) is 42.0 Å². The number of hydrogen-bond acceptors (Lipinski definition) is 16. The van der Waals surface area contributed by atoms with Crippen LogP contribution in [0.2, 0.25) is 0 Å². The van der Waals surface area contributed by atoms with Crippen molar-refractivity contribution in [3.8, 4) is 0 Å². The first-order chi connectivity index (χ1) is 23.9. The van der Waals surface area contributed by atoms with E-state index in [2.05, 4.69) is 19.7 Å². The molecule has 50 heavy (non-hydrogen) atoms. The zero-order valence-electron chi connectivity index (χ0n) is 29.2. The quantitative estimate of drug-likeness (QED) is 0.0324. The number of ether oxygens (including phenoxy) is 6. The fourth-order valence-electron chi connectivity index (χ4n) is 3.66. The van der Waals surface area contributed by atoms with Gasteiger partial charge in [-0.1, -0.05) is 79.0 Å². The third kappa shape index (κ3) is 21.3. The summed E-state index contributed by atoms with van der Waals surface area (Å²) in [6, 6.07) is 0. The second-order valence-corrected chi connectivity index (χ2v) is 11.8. The summed E-state index contributed by atoms with van der Waals surface area (Å²) in [5.41, 5.74) is 0. The van der Waals surface area contributed by atoms with Crippen LogP contribution in [0.5, 0.6) is 0 Å². The number of phosphoric acid groups is 1. The fraction of sp³-hybridized carbons (Fsp3) is 0.636. The molecule has 0 radical (unpaired) electrons. The highest BCUT2D eigenvalue weighted by Gasteiger charge is 2.43. The average molecular weight is 735 g/mol. The highest BCUT2D eigenvalue weighted by atomic mass is 31.2. The van der Waals surface area contributed by atoms with Crippen LogP contribution in [0.25, 0.3) is 0 Å². The van der Waals surface area contributed by atoms with Crippen LogP contribution in [-0.4, -0.2) is 93.8 Å². The third-order valence-corrected chi connectivity index (χ3v) is 7.77. The van der Waals surface area contributed by atoms with E-state index in [1.807, 2.05) is 20.8 Å². The summed E-state index contributed by atoms with van der Waals surface area (Å²) >= 11 is 0. The molecule has 0 bridgehead atoms. The van der Waals surface area contributed by atoms with Gasteiger partial charge in [-0.15, -0.1) is 0 Å². The second-order valence-electron chi connectivity index (χ2n) is 10.3. The van der Waals surface area contributed by atoms with Gasteiger partial charge in [-0.3, -0.25) is 13.6 Å². The van der Waals surface area contributed by atoms with Crippen LogP contribution in [0, 0.1) is 0 Å². The van der Waals surface area contributed by atoms with Gasteiger partial charge in [0, 0.05) is 18.2 Å². The van der Waals surface area contributed by atoms with E-state index in [9.17, 15) is 33.3 Å². The van der Waals surface area contributed by atoms with Crippen LogP contribution in [0.1, 0.15) is 78.6 Å². The van der Waals surface area contributed by atoms with Gasteiger partial charge in [0.15, 0.2) is 18.3 Å². The van der Waals surface area contributed by atoms with Gasteiger partial charge in [-0.25, -0.2) is 33.3 Å². The normalized spacial score (nSPS) is 13.7. The number of unbranched alkanes of at least 4 members (excludes halogenated alkanes) is 3. The molecule has 0 N–H and O–H groups in total. The van der Waals surface area contributed by atoms with E-state index in [0.717, 1.165) is 18.2 Å². The van der Waals surface area contributed by atoms with Crippen molar-refractivity contribution < 1.29 is 75.3 Å². The van der Waals surface area contributed by atoms with Crippen molar-refractivity contribution in [3.05, 3.63) is 38.0 Å². The lowest BCUT2D eigenvalue weighted by molar-refractivity contribution is -0.163. The Morgan fingerprint density at radius 1 is 0.480 bits per heavy atom. The summed E-state index contributed by atoms with van der Waals surface area (Å²) in [6.45, 7) is 13.3. The van der Waals surface area contributed by atoms with Gasteiger partial charge in [-0.05, 0) is 19.3 Å². The molecule has 3 unspecified atom stereocenters. The predicted octanol–water partition coefficient (Wildman–Crippen LogP) is 4.64. The summed E-state index contributed by atoms with van der Waals surface area (Å²) in [6.07, 6.45) is 0.906.